The van der Waals surface area contributed by atoms with Crippen LogP contribution in [0.2, 0.25) is 0 Å². The largest absolute Gasteiger partial charge is 0.497 e. The third kappa shape index (κ3) is 5.75. The number of benzene rings is 1. The van der Waals surface area contributed by atoms with Gasteiger partial charge in [-0.25, -0.2) is 8.78 Å². The first-order valence-corrected chi connectivity index (χ1v) is 6.32. The third-order valence-electron chi connectivity index (χ3n) is 2.24. The Labute approximate surface area is 114 Å². The molecule has 0 saturated heterocycles. The Balaban J connectivity index is 2.26. The van der Waals surface area contributed by atoms with Gasteiger partial charge in [-0.05, 0) is 23.8 Å². The van der Waals surface area contributed by atoms with Crippen LogP contribution in [0.3, 0.4) is 0 Å². The molecule has 1 aromatic rings. The van der Waals surface area contributed by atoms with Gasteiger partial charge in [0.25, 0.3) is 6.43 Å². The van der Waals surface area contributed by atoms with E-state index in [0.717, 1.165) is 15.8 Å². The van der Waals surface area contributed by atoms with E-state index in [-0.39, 0.29) is 6.61 Å². The average molecular weight is 324 g/mol. The normalized spacial score (nSPS) is 10.9. The van der Waals surface area contributed by atoms with Crippen LogP contribution in [0.25, 0.3) is 0 Å². The summed E-state index contributed by atoms with van der Waals surface area (Å²) in [6.45, 7) is 0.905. The van der Waals surface area contributed by atoms with Gasteiger partial charge in [-0.3, -0.25) is 0 Å². The molecule has 102 valence electrons. The second-order valence-corrected chi connectivity index (χ2v) is 4.45. The van der Waals surface area contributed by atoms with E-state index < -0.39 is 13.0 Å². The van der Waals surface area contributed by atoms with Crippen molar-refractivity contribution in [2.75, 3.05) is 26.9 Å². The maximum atomic E-state index is 11.8. The van der Waals surface area contributed by atoms with Gasteiger partial charge < -0.3 is 14.8 Å². The molecule has 1 aromatic carbocycles. The van der Waals surface area contributed by atoms with E-state index in [1.165, 1.54) is 0 Å². The van der Waals surface area contributed by atoms with Gasteiger partial charge in [0.15, 0.2) is 0 Å². The number of methoxy groups -OCH3 is 1. The van der Waals surface area contributed by atoms with Crippen molar-refractivity contribution in [1.82, 2.24) is 5.32 Å². The molecule has 0 atom stereocenters. The number of hydrogen-bond donors (Lipinski definition) is 1. The smallest absolute Gasteiger partial charge is 0.261 e. The number of ether oxygens (including phenoxy) is 2. The Kier molecular flexibility index (Phi) is 7.15. The molecule has 0 aliphatic heterocycles. The Bertz CT molecular complexity index is 364. The van der Waals surface area contributed by atoms with Crippen molar-refractivity contribution in [3.8, 4) is 5.75 Å². The monoisotopic (exact) mass is 323 g/mol. The lowest BCUT2D eigenvalue weighted by Gasteiger charge is -2.09. The lowest BCUT2D eigenvalue weighted by atomic mass is 10.2. The van der Waals surface area contributed by atoms with Crippen LogP contribution < -0.4 is 10.1 Å². The molecule has 1 N–H and O–H groups in total. The SMILES string of the molecule is COc1ccc(Br)c(CNCCOCC(F)F)c1. The van der Waals surface area contributed by atoms with Crippen LogP contribution in [0.15, 0.2) is 22.7 Å². The van der Waals surface area contributed by atoms with Crippen molar-refractivity contribution in [1.29, 1.82) is 0 Å². The summed E-state index contributed by atoms with van der Waals surface area (Å²) in [4.78, 5) is 0. The van der Waals surface area contributed by atoms with Crippen LogP contribution in [0.5, 0.6) is 5.75 Å². The fraction of sp³-hybridized carbons (Fsp3) is 0.500. The van der Waals surface area contributed by atoms with Crippen LogP contribution in [0, 0.1) is 0 Å². The maximum Gasteiger partial charge on any atom is 0.261 e. The summed E-state index contributed by atoms with van der Waals surface area (Å²) in [5.41, 5.74) is 1.04. The zero-order valence-corrected chi connectivity index (χ0v) is 11.7. The first kappa shape index (κ1) is 15.3. The summed E-state index contributed by atoms with van der Waals surface area (Å²) < 4.78 is 34.4. The Morgan fingerprint density at radius 1 is 1.39 bits per heavy atom. The molecule has 6 heteroatoms. The molecule has 0 heterocycles. The molecule has 0 aliphatic rings. The van der Waals surface area contributed by atoms with Crippen molar-refractivity contribution < 1.29 is 18.3 Å². The maximum absolute atomic E-state index is 11.8. The molecule has 0 saturated carbocycles. The molecule has 0 fully saturated rings. The molecule has 1 rings (SSSR count). The van der Waals surface area contributed by atoms with E-state index in [1.54, 1.807) is 7.11 Å². The van der Waals surface area contributed by atoms with Crippen LogP contribution in [-0.4, -0.2) is 33.3 Å². The summed E-state index contributed by atoms with van der Waals surface area (Å²) in [5.74, 6) is 0.781. The third-order valence-corrected chi connectivity index (χ3v) is 3.01. The predicted molar refractivity (Wildman–Crippen MR) is 69.2 cm³/mol. The highest BCUT2D eigenvalue weighted by molar-refractivity contribution is 9.10. The molecule has 0 aliphatic carbocycles. The van der Waals surface area contributed by atoms with Gasteiger partial charge >= 0.3 is 0 Å². The summed E-state index contributed by atoms with van der Waals surface area (Å²) in [5, 5.41) is 3.11. The molecular formula is C12H16BrF2NO2. The van der Waals surface area contributed by atoms with E-state index in [9.17, 15) is 8.78 Å². The highest BCUT2D eigenvalue weighted by Crippen LogP contribution is 2.22. The quantitative estimate of drug-likeness (QED) is 0.746. The summed E-state index contributed by atoms with van der Waals surface area (Å²) in [6, 6.07) is 5.68. The van der Waals surface area contributed by atoms with Crippen molar-refractivity contribution in [2.24, 2.45) is 0 Å². The number of rotatable bonds is 8. The van der Waals surface area contributed by atoms with E-state index in [4.69, 9.17) is 9.47 Å². The van der Waals surface area contributed by atoms with Gasteiger partial charge in [0.1, 0.15) is 12.4 Å². The fourth-order valence-corrected chi connectivity index (χ4v) is 1.74. The Hall–Kier alpha value is -0.720. The molecule has 0 amide bonds. The average Bonchev–Trinajstić information content (AvgIpc) is 2.35. The van der Waals surface area contributed by atoms with Gasteiger partial charge in [0, 0.05) is 17.6 Å². The molecule has 18 heavy (non-hydrogen) atoms. The van der Waals surface area contributed by atoms with Gasteiger partial charge in [0.2, 0.25) is 0 Å². The minimum absolute atomic E-state index is 0.270. The number of hydrogen-bond acceptors (Lipinski definition) is 3. The highest BCUT2D eigenvalue weighted by Gasteiger charge is 2.03. The summed E-state index contributed by atoms with van der Waals surface area (Å²) in [6.07, 6.45) is -2.41. The zero-order valence-electron chi connectivity index (χ0n) is 10.1. The number of alkyl halides is 2. The fourth-order valence-electron chi connectivity index (χ4n) is 1.35. The van der Waals surface area contributed by atoms with Gasteiger partial charge in [-0.15, -0.1) is 0 Å². The minimum Gasteiger partial charge on any atom is -0.497 e. The molecule has 0 radical (unpaired) electrons. The molecule has 0 unspecified atom stereocenters. The molecular weight excluding hydrogens is 308 g/mol. The van der Waals surface area contributed by atoms with Crippen molar-refractivity contribution >= 4 is 15.9 Å². The van der Waals surface area contributed by atoms with Crippen LogP contribution >= 0.6 is 15.9 Å². The summed E-state index contributed by atoms with van der Waals surface area (Å²) in [7, 11) is 1.61. The Morgan fingerprint density at radius 3 is 2.83 bits per heavy atom. The van der Waals surface area contributed by atoms with E-state index in [2.05, 4.69) is 21.2 Å². The topological polar surface area (TPSA) is 30.5 Å². The van der Waals surface area contributed by atoms with Crippen LogP contribution in [-0.2, 0) is 11.3 Å². The highest BCUT2D eigenvalue weighted by atomic mass is 79.9. The van der Waals surface area contributed by atoms with E-state index in [1.807, 2.05) is 18.2 Å². The lowest BCUT2D eigenvalue weighted by molar-refractivity contribution is 0.0187. The zero-order chi connectivity index (χ0) is 13.4. The summed E-state index contributed by atoms with van der Waals surface area (Å²) >= 11 is 3.44. The van der Waals surface area contributed by atoms with Gasteiger partial charge in [-0.1, -0.05) is 15.9 Å². The molecule has 0 aromatic heterocycles. The van der Waals surface area contributed by atoms with Gasteiger partial charge in [0.05, 0.1) is 13.7 Å². The minimum atomic E-state index is -2.41. The van der Waals surface area contributed by atoms with Crippen molar-refractivity contribution in [3.05, 3.63) is 28.2 Å². The van der Waals surface area contributed by atoms with Gasteiger partial charge in [-0.2, -0.15) is 0 Å². The number of nitrogens with one attached hydrogen (secondary N) is 1. The second kappa shape index (κ2) is 8.39. The lowest BCUT2D eigenvalue weighted by Crippen LogP contribution is -2.20. The first-order chi connectivity index (χ1) is 8.63. The second-order valence-electron chi connectivity index (χ2n) is 3.60. The molecule has 0 spiro atoms. The molecule has 0 bridgehead atoms. The predicted octanol–water partition coefficient (Wildman–Crippen LogP) is 2.83. The van der Waals surface area contributed by atoms with Crippen molar-refractivity contribution in [2.45, 2.75) is 13.0 Å². The first-order valence-electron chi connectivity index (χ1n) is 5.52. The van der Waals surface area contributed by atoms with E-state index >= 15 is 0 Å². The van der Waals surface area contributed by atoms with E-state index in [0.29, 0.717) is 13.1 Å². The van der Waals surface area contributed by atoms with Crippen molar-refractivity contribution in [3.63, 3.8) is 0 Å². The number of halogens is 3. The van der Waals surface area contributed by atoms with Crippen LogP contribution in [0.4, 0.5) is 8.78 Å². The van der Waals surface area contributed by atoms with Crippen LogP contribution in [0.1, 0.15) is 5.56 Å². The Morgan fingerprint density at radius 2 is 2.17 bits per heavy atom. The standard InChI is InChI=1S/C12H16BrF2NO2/c1-17-10-2-3-11(13)9(6-10)7-16-4-5-18-8-12(14)15/h2-3,6,12,16H,4-5,7-8H2,1H3. The molecule has 3 nitrogen and oxygen atoms in total.